The summed E-state index contributed by atoms with van der Waals surface area (Å²) < 4.78 is 13.2. The third kappa shape index (κ3) is 4.55. The molecule has 0 spiro atoms. The summed E-state index contributed by atoms with van der Waals surface area (Å²) in [6, 6.07) is 13.6. The lowest BCUT2D eigenvalue weighted by Gasteiger charge is -2.35. The quantitative estimate of drug-likeness (QED) is 0.514. The molecule has 2 saturated heterocycles. The molecule has 5 rings (SSSR count). The van der Waals surface area contributed by atoms with Crippen LogP contribution in [0.2, 0.25) is 0 Å². The van der Waals surface area contributed by atoms with E-state index in [1.165, 1.54) is 5.56 Å². The molecular formula is C28H37N5O3. The van der Waals surface area contributed by atoms with Gasteiger partial charge >= 0.3 is 6.09 Å². The van der Waals surface area contributed by atoms with Gasteiger partial charge < -0.3 is 19.3 Å². The monoisotopic (exact) mass is 491 g/mol. The van der Waals surface area contributed by atoms with E-state index in [2.05, 4.69) is 71.3 Å². The van der Waals surface area contributed by atoms with E-state index in [0.717, 1.165) is 54.9 Å². The molecule has 1 atom stereocenters. The van der Waals surface area contributed by atoms with Crippen molar-refractivity contribution < 1.29 is 14.3 Å². The van der Waals surface area contributed by atoms with Crippen molar-refractivity contribution >= 4 is 17.3 Å². The van der Waals surface area contributed by atoms with Gasteiger partial charge in [-0.1, -0.05) is 24.3 Å². The Hall–Kier alpha value is -3.10. The molecule has 0 aliphatic carbocycles. The Balaban J connectivity index is 1.35. The number of rotatable bonds is 6. The van der Waals surface area contributed by atoms with Gasteiger partial charge in [-0.2, -0.15) is 5.10 Å². The van der Waals surface area contributed by atoms with Crippen LogP contribution in [0, 0.1) is 0 Å². The molecule has 2 aliphatic heterocycles. The summed E-state index contributed by atoms with van der Waals surface area (Å²) in [7, 11) is 1.83. The van der Waals surface area contributed by atoms with Crippen molar-refractivity contribution in [1.82, 2.24) is 19.4 Å². The number of benzene rings is 1. The van der Waals surface area contributed by atoms with Crippen LogP contribution in [0.1, 0.15) is 32.8 Å². The smallest absolute Gasteiger partial charge is 0.409 e. The second-order valence-corrected chi connectivity index (χ2v) is 10.0. The summed E-state index contributed by atoms with van der Waals surface area (Å²) in [5, 5.41) is 4.56. The molecule has 8 nitrogen and oxygen atoms in total. The number of carbonyl (C=O) groups excluding carboxylic acids is 1. The van der Waals surface area contributed by atoms with Gasteiger partial charge in [0.1, 0.15) is 5.60 Å². The molecule has 192 valence electrons. The molecule has 1 aromatic carbocycles. The summed E-state index contributed by atoms with van der Waals surface area (Å²) in [6.07, 6.45) is 4.71. The lowest BCUT2D eigenvalue weighted by atomic mass is 9.91. The van der Waals surface area contributed by atoms with Gasteiger partial charge in [0, 0.05) is 70.4 Å². The van der Waals surface area contributed by atoms with Gasteiger partial charge in [-0.05, 0) is 50.5 Å². The largest absolute Gasteiger partial charge is 0.450 e. The maximum absolute atomic E-state index is 12.1. The Morgan fingerprint density at radius 2 is 1.81 bits per heavy atom. The van der Waals surface area contributed by atoms with Gasteiger partial charge in [0.05, 0.1) is 17.8 Å². The number of amides is 1. The highest BCUT2D eigenvalue weighted by Gasteiger charge is 2.40. The summed E-state index contributed by atoms with van der Waals surface area (Å²) in [6.45, 7) is 11.5. The van der Waals surface area contributed by atoms with E-state index in [-0.39, 0.29) is 11.7 Å². The maximum atomic E-state index is 12.1. The molecule has 1 amide bonds. The van der Waals surface area contributed by atoms with Crippen molar-refractivity contribution in [2.45, 2.75) is 38.8 Å². The predicted molar refractivity (Wildman–Crippen MR) is 141 cm³/mol. The summed E-state index contributed by atoms with van der Waals surface area (Å²) >= 11 is 0. The Morgan fingerprint density at radius 1 is 1.06 bits per heavy atom. The van der Waals surface area contributed by atoms with E-state index < -0.39 is 0 Å². The average molecular weight is 492 g/mol. The van der Waals surface area contributed by atoms with Gasteiger partial charge in [0.15, 0.2) is 0 Å². The van der Waals surface area contributed by atoms with Crippen molar-refractivity contribution in [3.05, 3.63) is 54.4 Å². The first-order valence-electron chi connectivity index (χ1n) is 13.0. The fourth-order valence-electron chi connectivity index (χ4n) is 5.51. The number of likely N-dealkylation sites (tertiary alicyclic amines) is 1. The Morgan fingerprint density at radius 3 is 2.44 bits per heavy atom. The molecule has 8 heteroatoms. The van der Waals surface area contributed by atoms with Crippen molar-refractivity contribution in [3.63, 3.8) is 0 Å². The van der Waals surface area contributed by atoms with Crippen LogP contribution in [0.3, 0.4) is 0 Å². The Labute approximate surface area is 213 Å². The summed E-state index contributed by atoms with van der Waals surface area (Å²) in [5.74, 6) is 0. The number of piperazine rings is 1. The molecular weight excluding hydrogens is 454 g/mol. The highest BCUT2D eigenvalue weighted by atomic mass is 16.6. The van der Waals surface area contributed by atoms with Crippen molar-refractivity contribution in [1.29, 1.82) is 0 Å². The minimum absolute atomic E-state index is 0.227. The number of nitrogens with zero attached hydrogens (tertiary/aromatic N) is 5. The zero-order chi connectivity index (χ0) is 25.3. The number of aromatic nitrogens is 2. The molecule has 2 aromatic heterocycles. The van der Waals surface area contributed by atoms with Gasteiger partial charge in [-0.15, -0.1) is 0 Å². The first kappa shape index (κ1) is 24.6. The number of methoxy groups -OCH3 is 1. The second-order valence-electron chi connectivity index (χ2n) is 10.0. The van der Waals surface area contributed by atoms with Crippen LogP contribution < -0.4 is 4.90 Å². The first-order valence-corrected chi connectivity index (χ1v) is 13.0. The molecule has 0 N–H and O–H groups in total. The maximum Gasteiger partial charge on any atom is 0.409 e. The van der Waals surface area contributed by atoms with Gasteiger partial charge in [0.2, 0.25) is 0 Å². The molecule has 3 aromatic rings. The number of carbonyl (C=O) groups is 1. The van der Waals surface area contributed by atoms with Crippen LogP contribution >= 0.6 is 0 Å². The van der Waals surface area contributed by atoms with Gasteiger partial charge in [0.25, 0.3) is 0 Å². The summed E-state index contributed by atoms with van der Waals surface area (Å²) in [4.78, 5) is 18.7. The lowest BCUT2D eigenvalue weighted by molar-refractivity contribution is -0.00804. The molecule has 2 aliphatic rings. The SMILES string of the molecule is CCOC(=O)N1CCN(c2ccnn3cc(-c4ccc([C@@]5(OC)CCN(C(C)C)C5)cc4)cc23)CC1. The number of anilines is 1. The van der Waals surface area contributed by atoms with Gasteiger partial charge in [-0.25, -0.2) is 9.31 Å². The molecule has 0 unspecified atom stereocenters. The summed E-state index contributed by atoms with van der Waals surface area (Å²) in [5.41, 5.74) is 5.49. The third-order valence-corrected chi connectivity index (χ3v) is 7.76. The number of ether oxygens (including phenoxy) is 2. The van der Waals surface area contributed by atoms with E-state index in [0.29, 0.717) is 25.7 Å². The highest BCUT2D eigenvalue weighted by molar-refractivity contribution is 5.80. The highest BCUT2D eigenvalue weighted by Crippen LogP contribution is 2.37. The zero-order valence-corrected chi connectivity index (χ0v) is 21.8. The minimum atomic E-state index is -0.241. The second kappa shape index (κ2) is 10.1. The van der Waals surface area contributed by atoms with Crippen molar-refractivity contribution in [2.24, 2.45) is 0 Å². The fourth-order valence-corrected chi connectivity index (χ4v) is 5.51. The molecule has 2 fully saturated rings. The van der Waals surface area contributed by atoms with Crippen LogP contribution in [-0.4, -0.2) is 84.5 Å². The minimum Gasteiger partial charge on any atom is -0.450 e. The van der Waals surface area contributed by atoms with Crippen LogP contribution in [0.4, 0.5) is 10.5 Å². The van der Waals surface area contributed by atoms with Crippen LogP contribution in [0.5, 0.6) is 0 Å². The first-order chi connectivity index (χ1) is 17.4. The van der Waals surface area contributed by atoms with Crippen molar-refractivity contribution in [2.75, 3.05) is 57.9 Å². The molecule has 4 heterocycles. The van der Waals surface area contributed by atoms with Gasteiger partial charge in [-0.3, -0.25) is 4.90 Å². The topological polar surface area (TPSA) is 62.6 Å². The van der Waals surface area contributed by atoms with Crippen LogP contribution in [-0.2, 0) is 15.1 Å². The lowest BCUT2D eigenvalue weighted by Crippen LogP contribution is -2.49. The van der Waals surface area contributed by atoms with E-state index in [4.69, 9.17) is 9.47 Å². The normalized spacial score (nSPS) is 21.0. The van der Waals surface area contributed by atoms with E-state index in [9.17, 15) is 4.79 Å². The van der Waals surface area contributed by atoms with E-state index >= 15 is 0 Å². The number of fused-ring (bicyclic) bond motifs is 1. The van der Waals surface area contributed by atoms with E-state index in [1.54, 1.807) is 4.90 Å². The van der Waals surface area contributed by atoms with Crippen LogP contribution in [0.25, 0.3) is 16.6 Å². The molecule has 36 heavy (non-hydrogen) atoms. The fraction of sp³-hybridized carbons (Fsp3) is 0.500. The molecule has 0 saturated carbocycles. The molecule has 0 bridgehead atoms. The van der Waals surface area contributed by atoms with E-state index in [1.807, 2.05) is 24.7 Å². The Kier molecular flexibility index (Phi) is 6.90. The Bertz CT molecular complexity index is 1200. The van der Waals surface area contributed by atoms with Crippen LogP contribution in [0.15, 0.2) is 48.8 Å². The number of hydrogen-bond donors (Lipinski definition) is 0. The standard InChI is InChI=1S/C28H37N5O3/c1-5-36-27(34)31-16-14-30(15-17-31)25-10-12-29-33-19-23(18-26(25)33)22-6-8-24(9-7-22)28(35-4)11-13-32(20-28)21(2)3/h6-10,12,18-19,21H,5,11,13-17,20H2,1-4H3/t28-/m1/s1. The predicted octanol–water partition coefficient (Wildman–Crippen LogP) is 4.24. The van der Waals surface area contributed by atoms with Crippen molar-refractivity contribution in [3.8, 4) is 11.1 Å². The molecule has 0 radical (unpaired) electrons. The average Bonchev–Trinajstić information content (AvgIpc) is 3.55. The third-order valence-electron chi connectivity index (χ3n) is 7.76. The zero-order valence-electron chi connectivity index (χ0n) is 21.8. The number of hydrogen-bond acceptors (Lipinski definition) is 6.